The molecule has 0 aliphatic carbocycles. The number of rotatable bonds is 8. The Hall–Kier alpha value is -2.75. The van der Waals surface area contributed by atoms with Crippen LogP contribution in [0, 0.1) is 5.41 Å². The first kappa shape index (κ1) is 39.2. The molecule has 0 aliphatic rings. The molecule has 0 aliphatic heterocycles. The summed E-state index contributed by atoms with van der Waals surface area (Å²) in [5, 5.41) is -4.63. The molecule has 3 rings (SSSR count). The van der Waals surface area contributed by atoms with Gasteiger partial charge >= 0.3 is 11.2 Å². The van der Waals surface area contributed by atoms with Gasteiger partial charge in [0, 0.05) is 0 Å². The number of benzene rings is 3. The van der Waals surface area contributed by atoms with Gasteiger partial charge in [0.05, 0.1) is 16.3 Å². The van der Waals surface area contributed by atoms with Crippen LogP contribution >= 0.6 is 0 Å². The number of hydrogen-bond acceptors (Lipinski definition) is 5. The van der Waals surface area contributed by atoms with Crippen molar-refractivity contribution >= 4 is 27.0 Å². The average Bonchev–Trinajstić information content (AvgIpc) is 2.89. The second kappa shape index (κ2) is 15.6. The molecule has 0 saturated heterocycles. The van der Waals surface area contributed by atoms with Gasteiger partial charge in [0.1, 0.15) is 0 Å². The van der Waals surface area contributed by atoms with Gasteiger partial charge in [0.25, 0.3) is 0 Å². The fourth-order valence-electron chi connectivity index (χ4n) is 3.35. The average molecular weight is 625 g/mol. The van der Waals surface area contributed by atoms with Crippen molar-refractivity contribution in [3.8, 4) is 0 Å². The molecule has 3 aromatic rings. The van der Waals surface area contributed by atoms with Gasteiger partial charge in [-0.3, -0.25) is 4.79 Å². The summed E-state index contributed by atoms with van der Waals surface area (Å²) in [6.45, 7) is 12.0. The van der Waals surface area contributed by atoms with Crippen molar-refractivity contribution in [3.05, 3.63) is 90.5 Å². The third kappa shape index (κ3) is 10.2. The fourth-order valence-corrected chi connectivity index (χ4v) is 5.89. The van der Waals surface area contributed by atoms with Gasteiger partial charge in [-0.1, -0.05) is 91.1 Å². The van der Waals surface area contributed by atoms with E-state index in [1.54, 1.807) is 6.92 Å². The van der Waals surface area contributed by atoms with Crippen LogP contribution in [0.3, 0.4) is 0 Å². The molecule has 0 radical (unpaired) electrons. The molecule has 0 fully saturated rings. The lowest BCUT2D eigenvalue weighted by atomic mass is 9.87. The van der Waals surface area contributed by atoms with Crippen molar-refractivity contribution in [2.75, 3.05) is 0 Å². The number of esters is 1. The maximum absolute atomic E-state index is 13.0. The largest absolute Gasteiger partial charge is 0.743 e. The molecular weight excluding hydrogens is 578 g/mol. The first-order valence-corrected chi connectivity index (χ1v) is 15.5. The monoisotopic (exact) mass is 624 g/mol. The van der Waals surface area contributed by atoms with E-state index in [4.69, 9.17) is 0 Å². The van der Waals surface area contributed by atoms with Crippen LogP contribution in [0.5, 0.6) is 0 Å². The zero-order chi connectivity index (χ0) is 30.4. The molecule has 1 atom stereocenters. The number of hydrogen-bond donors (Lipinski definition) is 0. The lowest BCUT2D eigenvalue weighted by molar-refractivity contribution is -0.170. The number of halogens is 2. The number of alkyl halides is 2. The summed E-state index contributed by atoms with van der Waals surface area (Å²) in [4.78, 5) is 15.5. The molecule has 0 N–H and O–H groups in total. The molecule has 1 unspecified atom stereocenters. The summed E-state index contributed by atoms with van der Waals surface area (Å²) in [6, 6.07) is 30.7. The van der Waals surface area contributed by atoms with Crippen molar-refractivity contribution in [2.45, 2.75) is 101 Å². The minimum atomic E-state index is -5.86. The highest BCUT2D eigenvalue weighted by Crippen LogP contribution is 2.33. The van der Waals surface area contributed by atoms with Crippen LogP contribution in [-0.4, -0.2) is 30.3 Å². The zero-order valence-electron chi connectivity index (χ0n) is 24.0. The Bertz CT molecular complexity index is 1300. The van der Waals surface area contributed by atoms with Crippen molar-refractivity contribution in [1.82, 2.24) is 0 Å². The van der Waals surface area contributed by atoms with E-state index < -0.39 is 32.9 Å². The molecule has 3 aromatic carbocycles. The van der Waals surface area contributed by atoms with E-state index >= 15 is 0 Å². The molecule has 0 heterocycles. The maximum Gasteiger partial charge on any atom is 0.369 e. The SMILES string of the molecule is C.C.CC(C)(C)c1ccc([S+](c2ccccc2)c2ccccc2)cc1.CCC(C)(C)C(=O)OC(C)C(F)(F)S(=O)(=O)[O-]. The summed E-state index contributed by atoms with van der Waals surface area (Å²) in [5.74, 6) is -0.976. The predicted molar refractivity (Wildman–Crippen MR) is 168 cm³/mol. The van der Waals surface area contributed by atoms with E-state index in [2.05, 4.69) is 110 Å². The third-order valence-corrected chi connectivity index (χ3v) is 9.67. The lowest BCUT2D eigenvalue weighted by Gasteiger charge is -2.29. The standard InChI is InChI=1S/C22H23S.C9H16F2O5S.2CH4/c1-22(2,3)18-14-16-21(17-15-18)23(19-10-6-4-7-11-19)20-12-8-5-9-13-20;1-5-8(3,4)7(12)16-6(2)9(10,11)17(13,14)15;;/h4-17H,1-3H3;6H,5H2,1-4H3,(H,13,14,15);2*1H4/q+1;;;/p-1. The molecule has 9 heteroatoms. The van der Waals surface area contributed by atoms with E-state index in [1.165, 1.54) is 34.1 Å². The summed E-state index contributed by atoms with van der Waals surface area (Å²) in [7, 11) is -5.91. The van der Waals surface area contributed by atoms with Crippen LogP contribution in [0.1, 0.15) is 75.3 Å². The van der Waals surface area contributed by atoms with Crippen molar-refractivity contribution in [2.24, 2.45) is 5.41 Å². The first-order chi connectivity index (χ1) is 18.4. The second-order valence-electron chi connectivity index (χ2n) is 11.0. The Kier molecular flexibility index (Phi) is 14.6. The summed E-state index contributed by atoms with van der Waals surface area (Å²) < 4.78 is 61.2. The smallest absolute Gasteiger partial charge is 0.369 e. The van der Waals surface area contributed by atoms with Crippen LogP contribution < -0.4 is 0 Å². The molecule has 0 bridgehead atoms. The molecule has 0 aromatic heterocycles. The Labute approximate surface area is 254 Å². The van der Waals surface area contributed by atoms with E-state index in [0.29, 0.717) is 13.3 Å². The highest BCUT2D eigenvalue weighted by molar-refractivity contribution is 7.97. The van der Waals surface area contributed by atoms with Crippen molar-refractivity contribution < 1.29 is 31.3 Å². The van der Waals surface area contributed by atoms with Gasteiger partial charge < -0.3 is 9.29 Å². The first-order valence-electron chi connectivity index (χ1n) is 12.9. The molecule has 0 amide bonds. The van der Waals surface area contributed by atoms with E-state index in [9.17, 15) is 26.5 Å². The second-order valence-corrected chi connectivity index (χ2v) is 14.5. The fraction of sp³-hybridized carbons (Fsp3) is 0.424. The lowest BCUT2D eigenvalue weighted by Crippen LogP contribution is -2.44. The van der Waals surface area contributed by atoms with E-state index in [1.807, 2.05) is 0 Å². The number of carbonyl (C=O) groups excluding carboxylic acids is 1. The van der Waals surface area contributed by atoms with Gasteiger partial charge in [-0.05, 0) is 74.6 Å². The number of carbonyl (C=O) groups is 1. The summed E-state index contributed by atoms with van der Waals surface area (Å²) >= 11 is 0. The van der Waals surface area contributed by atoms with Gasteiger partial charge in [0.15, 0.2) is 30.9 Å². The summed E-state index contributed by atoms with van der Waals surface area (Å²) in [5.41, 5.74) is 0.555. The van der Waals surface area contributed by atoms with Crippen molar-refractivity contribution in [1.29, 1.82) is 0 Å². The van der Waals surface area contributed by atoms with E-state index in [0.717, 1.165) is 0 Å². The highest BCUT2D eigenvalue weighted by atomic mass is 32.2. The van der Waals surface area contributed by atoms with Crippen LogP contribution in [0.25, 0.3) is 0 Å². The minimum absolute atomic E-state index is 0. The Morgan fingerprint density at radius 3 is 1.52 bits per heavy atom. The van der Waals surface area contributed by atoms with Crippen LogP contribution in [0.4, 0.5) is 8.78 Å². The van der Waals surface area contributed by atoms with Crippen LogP contribution in [-0.2, 0) is 36.0 Å². The number of ether oxygens (including phenoxy) is 1. The van der Waals surface area contributed by atoms with Crippen molar-refractivity contribution in [3.63, 3.8) is 0 Å². The van der Waals surface area contributed by atoms with Gasteiger partial charge in [-0.15, -0.1) is 0 Å². The van der Waals surface area contributed by atoms with Crippen LogP contribution in [0.15, 0.2) is 99.6 Å². The topological polar surface area (TPSA) is 83.5 Å². The maximum atomic E-state index is 13.0. The Morgan fingerprint density at radius 1 is 0.810 bits per heavy atom. The zero-order valence-corrected chi connectivity index (χ0v) is 25.6. The molecule has 0 saturated carbocycles. The Balaban J connectivity index is 0.000000802. The van der Waals surface area contributed by atoms with E-state index in [-0.39, 0.29) is 31.2 Å². The molecule has 5 nitrogen and oxygen atoms in total. The van der Waals surface area contributed by atoms with Gasteiger partial charge in [0.2, 0.25) is 0 Å². The molecule has 42 heavy (non-hydrogen) atoms. The molecule has 0 spiro atoms. The van der Waals surface area contributed by atoms with Gasteiger partial charge in [-0.25, -0.2) is 8.42 Å². The van der Waals surface area contributed by atoms with Gasteiger partial charge in [-0.2, -0.15) is 8.78 Å². The van der Waals surface area contributed by atoms with Crippen LogP contribution in [0.2, 0.25) is 0 Å². The highest BCUT2D eigenvalue weighted by Gasteiger charge is 2.47. The molecule has 234 valence electrons. The Morgan fingerprint density at radius 2 is 1.19 bits per heavy atom. The predicted octanol–water partition coefficient (Wildman–Crippen LogP) is 8.84. The third-order valence-electron chi connectivity index (χ3n) is 6.44. The molecular formula is C33H46F2O5S2. The summed E-state index contributed by atoms with van der Waals surface area (Å²) in [6.07, 6.45) is -1.99. The quantitative estimate of drug-likeness (QED) is 0.142. The minimum Gasteiger partial charge on any atom is -0.743 e. The normalized spacial score (nSPS) is 12.6.